The molecule has 0 aromatic carbocycles. The second kappa shape index (κ2) is 3.60. The van der Waals surface area contributed by atoms with Crippen LogP contribution in [-0.2, 0) is 19.1 Å². The van der Waals surface area contributed by atoms with Crippen molar-refractivity contribution >= 4 is 41.2 Å². The summed E-state index contributed by atoms with van der Waals surface area (Å²) in [6.45, 7) is 0. The minimum atomic E-state index is -0.396. The van der Waals surface area contributed by atoms with Gasteiger partial charge in [0.25, 0.3) is 0 Å². The fourth-order valence-electron chi connectivity index (χ4n) is 11.3. The van der Waals surface area contributed by atoms with Gasteiger partial charge in [0.2, 0.25) is 0 Å². The topological polar surface area (TPSA) is 60.4 Å². The highest BCUT2D eigenvalue weighted by molar-refractivity contribution is 8.21. The zero-order valence-electron chi connectivity index (χ0n) is 14.5. The third kappa shape index (κ3) is 0.899. The van der Waals surface area contributed by atoms with Gasteiger partial charge in [-0.25, -0.2) is 0 Å². The molecule has 2 saturated heterocycles. The number of Topliss-reactive ketones (excluding diaryl/α,β-unsaturated/α-hetero) is 1. The Hall–Kier alpha value is -0.750. The molecular weight excluding hydrogens is 380 g/mol. The van der Waals surface area contributed by atoms with E-state index in [9.17, 15) is 14.4 Å². The van der Waals surface area contributed by atoms with Crippen molar-refractivity contribution in [3.8, 4) is 0 Å². The van der Waals surface area contributed by atoms with E-state index >= 15 is 0 Å². The second-order valence-electron chi connectivity index (χ2n) is 10.4. The van der Waals surface area contributed by atoms with E-state index < -0.39 is 5.92 Å². The third-order valence-electron chi connectivity index (χ3n) is 10.8. The lowest BCUT2D eigenvalue weighted by molar-refractivity contribution is -0.261. The molecule has 0 amide bonds. The maximum atomic E-state index is 14.1. The van der Waals surface area contributed by atoms with Gasteiger partial charge in [0.15, 0.2) is 0 Å². The predicted octanol–water partition coefficient (Wildman–Crippen LogP) is 1.99. The molecule has 10 aliphatic rings. The van der Waals surface area contributed by atoms with Crippen molar-refractivity contribution in [3.63, 3.8) is 0 Å². The van der Waals surface area contributed by atoms with Gasteiger partial charge in [-0.1, -0.05) is 12.2 Å². The van der Waals surface area contributed by atoms with Crippen LogP contribution in [0.15, 0.2) is 12.2 Å². The Kier molecular flexibility index (Phi) is 1.90. The Balaban J connectivity index is 1.43. The number of hydrogen-bond donors (Lipinski definition) is 0. The first kappa shape index (κ1) is 14.3. The fourth-order valence-corrected chi connectivity index (χ4v) is 15.8. The Morgan fingerprint density at radius 1 is 0.852 bits per heavy atom. The van der Waals surface area contributed by atoms with Crippen LogP contribution in [0.5, 0.6) is 0 Å². The van der Waals surface area contributed by atoms with Crippen LogP contribution in [0.1, 0.15) is 6.42 Å². The summed E-state index contributed by atoms with van der Waals surface area (Å²) in [6, 6.07) is 0. The maximum absolute atomic E-state index is 14.1. The van der Waals surface area contributed by atoms with E-state index in [2.05, 4.69) is 35.7 Å². The number of esters is 2. The summed E-state index contributed by atoms with van der Waals surface area (Å²) in [5.41, 5.74) is -0.446. The lowest BCUT2D eigenvalue weighted by Gasteiger charge is -2.78. The average molecular weight is 399 g/mol. The van der Waals surface area contributed by atoms with Crippen LogP contribution in [0.2, 0.25) is 0 Å². The summed E-state index contributed by atoms with van der Waals surface area (Å²) >= 11 is 4.26. The molecule has 12 atom stereocenters. The summed E-state index contributed by atoms with van der Waals surface area (Å²) in [5.74, 6) is 4.46. The zero-order chi connectivity index (χ0) is 17.7. The third-order valence-corrected chi connectivity index (χ3v) is 14.7. The summed E-state index contributed by atoms with van der Waals surface area (Å²) in [6.07, 6.45) is 5.66. The molecule has 3 spiro atoms. The highest BCUT2D eigenvalue weighted by Crippen LogP contribution is 3.01. The molecule has 6 heteroatoms. The molecule has 27 heavy (non-hydrogen) atoms. The van der Waals surface area contributed by atoms with E-state index in [4.69, 9.17) is 4.74 Å². The molecule has 6 saturated carbocycles. The van der Waals surface area contributed by atoms with Crippen molar-refractivity contribution in [2.24, 2.45) is 70.0 Å². The average Bonchev–Trinajstić information content (AvgIpc) is 3.39. The van der Waals surface area contributed by atoms with Gasteiger partial charge in [-0.15, -0.1) is 23.5 Å². The molecular formula is C21H18O4S2. The van der Waals surface area contributed by atoms with Crippen molar-refractivity contribution in [2.45, 2.75) is 10.5 Å². The largest absolute Gasteiger partial charge is 0.393 e. The summed E-state index contributed by atoms with van der Waals surface area (Å²) in [7, 11) is 0. The second-order valence-corrected chi connectivity index (χ2v) is 13.3. The highest BCUT2D eigenvalue weighted by atomic mass is 32.2. The number of cyclic esters (lactones) is 2. The Morgan fingerprint density at radius 2 is 1.56 bits per heavy atom. The molecule has 4 bridgehead atoms. The molecule has 8 aliphatic carbocycles. The number of carbonyl (C=O) groups excluding carboxylic acids is 3. The number of rotatable bonds is 0. The molecule has 0 N–H and O–H groups in total. The fraction of sp³-hybridized carbons (Fsp3) is 0.762. The molecule has 8 fully saturated rings. The van der Waals surface area contributed by atoms with Crippen LogP contribution in [0.3, 0.4) is 0 Å². The summed E-state index contributed by atoms with van der Waals surface area (Å²) in [4.78, 5) is 39.5. The van der Waals surface area contributed by atoms with Crippen molar-refractivity contribution < 1.29 is 19.1 Å². The first-order chi connectivity index (χ1) is 13.1. The van der Waals surface area contributed by atoms with Crippen LogP contribution in [0.4, 0.5) is 0 Å². The van der Waals surface area contributed by atoms with Gasteiger partial charge in [0, 0.05) is 40.1 Å². The zero-order valence-corrected chi connectivity index (χ0v) is 16.1. The van der Waals surface area contributed by atoms with Gasteiger partial charge in [-0.05, 0) is 36.0 Å². The van der Waals surface area contributed by atoms with E-state index in [1.54, 1.807) is 0 Å². The molecule has 4 nitrogen and oxygen atoms in total. The molecule has 2 aliphatic heterocycles. The standard InChI is InChI=1S/C21H18O4S2/c22-16-10-6-5-7-13(10)21(26-3-4-27-21)20-9-2-1-8(19(16,20)14(6)15(7)20)11-12(9)18(24)25-17(11)23/h1-2,6-15H,3-5H2/t6-,7+,8+,9-,10-,11-,12+,13-,14+,15-,19+,20+/m1/s1. The first-order valence-electron chi connectivity index (χ1n) is 10.4. The smallest absolute Gasteiger partial charge is 0.318 e. The molecule has 10 rings (SSSR count). The van der Waals surface area contributed by atoms with Gasteiger partial charge in [-0.2, -0.15) is 0 Å². The van der Waals surface area contributed by atoms with Crippen LogP contribution in [-0.4, -0.2) is 33.3 Å². The molecule has 0 radical (unpaired) electrons. The number of ketones is 1. The lowest BCUT2D eigenvalue weighted by Crippen LogP contribution is -2.81. The number of allylic oxidation sites excluding steroid dienone is 2. The minimum absolute atomic E-state index is 0.0278. The van der Waals surface area contributed by atoms with Gasteiger partial charge in [0.05, 0.1) is 15.9 Å². The quantitative estimate of drug-likeness (QED) is 0.353. The van der Waals surface area contributed by atoms with E-state index in [0.717, 1.165) is 11.5 Å². The number of thioether (sulfide) groups is 2. The lowest BCUT2D eigenvalue weighted by atomic mass is 9.26. The van der Waals surface area contributed by atoms with E-state index in [0.29, 0.717) is 35.4 Å². The molecule has 0 aromatic heterocycles. The number of fused-ring (bicyclic) bond motifs is 2. The van der Waals surface area contributed by atoms with Crippen LogP contribution >= 0.6 is 23.5 Å². The predicted molar refractivity (Wildman–Crippen MR) is 97.3 cm³/mol. The van der Waals surface area contributed by atoms with E-state index in [1.165, 1.54) is 6.42 Å². The monoisotopic (exact) mass is 398 g/mol. The SMILES string of the molecule is O=C1OC(=O)[C@H]2[C@@H]1[C@H]1C=C[C@@H]2[C@]23C(=O)[C@@H]4[C@H]5C[C@H]6[C@H]4C4(SCCS4)[C@]12[C@H]6[C@H]53. The van der Waals surface area contributed by atoms with Gasteiger partial charge in [0.1, 0.15) is 5.78 Å². The molecule has 0 aromatic rings. The van der Waals surface area contributed by atoms with Crippen LogP contribution < -0.4 is 0 Å². The Morgan fingerprint density at radius 3 is 2.33 bits per heavy atom. The number of carbonyl (C=O) groups is 3. The van der Waals surface area contributed by atoms with Crippen molar-refractivity contribution in [1.29, 1.82) is 0 Å². The van der Waals surface area contributed by atoms with Crippen molar-refractivity contribution in [2.75, 3.05) is 11.5 Å². The minimum Gasteiger partial charge on any atom is -0.393 e. The van der Waals surface area contributed by atoms with E-state index in [-0.39, 0.29) is 50.5 Å². The number of hydrogen-bond acceptors (Lipinski definition) is 6. The van der Waals surface area contributed by atoms with Crippen LogP contribution in [0.25, 0.3) is 0 Å². The van der Waals surface area contributed by atoms with E-state index in [1.807, 2.05) is 0 Å². The van der Waals surface area contributed by atoms with Gasteiger partial charge < -0.3 is 4.74 Å². The first-order valence-corrected chi connectivity index (χ1v) is 12.4. The number of ether oxygens (including phenoxy) is 1. The summed E-state index contributed by atoms with van der Waals surface area (Å²) in [5, 5.41) is 0. The van der Waals surface area contributed by atoms with Gasteiger partial charge >= 0.3 is 11.9 Å². The van der Waals surface area contributed by atoms with Crippen molar-refractivity contribution in [1.82, 2.24) is 0 Å². The normalized spacial score (nSPS) is 68.2. The molecule has 138 valence electrons. The summed E-state index contributed by atoms with van der Waals surface area (Å²) < 4.78 is 5.30. The van der Waals surface area contributed by atoms with Crippen molar-refractivity contribution in [3.05, 3.63) is 12.2 Å². The highest BCUT2D eigenvalue weighted by Gasteiger charge is 3.03. The van der Waals surface area contributed by atoms with Crippen LogP contribution in [0, 0.1) is 70.0 Å². The Labute approximate surface area is 164 Å². The molecule has 0 unspecified atom stereocenters. The Bertz CT molecular complexity index is 967. The maximum Gasteiger partial charge on any atom is 0.318 e. The van der Waals surface area contributed by atoms with Gasteiger partial charge in [-0.3, -0.25) is 14.4 Å². The molecule has 2 heterocycles.